The molecule has 4 nitrogen and oxygen atoms in total. The lowest BCUT2D eigenvalue weighted by Gasteiger charge is -2.25. The molecule has 0 aromatic heterocycles. The molecule has 0 bridgehead atoms. The summed E-state index contributed by atoms with van der Waals surface area (Å²) < 4.78 is 22.3. The molecule has 1 saturated heterocycles. The van der Waals surface area contributed by atoms with E-state index < -0.39 is 0 Å². The van der Waals surface area contributed by atoms with Crippen molar-refractivity contribution >= 4 is 14.2 Å². The first-order valence-corrected chi connectivity index (χ1v) is 5.97. The van der Waals surface area contributed by atoms with Crippen LogP contribution in [0.25, 0.3) is 0 Å². The molecule has 0 unspecified atom stereocenters. The van der Waals surface area contributed by atoms with Crippen molar-refractivity contribution < 1.29 is 18.6 Å². The second-order valence-electron chi connectivity index (χ2n) is 4.45. The number of benzene rings is 1. The van der Waals surface area contributed by atoms with Crippen LogP contribution >= 0.6 is 0 Å². The summed E-state index contributed by atoms with van der Waals surface area (Å²) in [4.78, 5) is 0. The highest BCUT2D eigenvalue weighted by Gasteiger charge is 2.36. The van der Waals surface area contributed by atoms with Crippen LogP contribution in [-0.4, -0.2) is 27.5 Å². The summed E-state index contributed by atoms with van der Waals surface area (Å²) >= 11 is 0. The van der Waals surface area contributed by atoms with Crippen LogP contribution in [0.5, 0.6) is 11.5 Å². The molecular formula is C11H14B2O4. The monoisotopic (exact) mass is 232 g/mol. The van der Waals surface area contributed by atoms with Gasteiger partial charge in [0.2, 0.25) is 0 Å². The van der Waals surface area contributed by atoms with Crippen molar-refractivity contribution in [2.24, 2.45) is 5.92 Å². The van der Waals surface area contributed by atoms with Gasteiger partial charge in [-0.25, -0.2) is 0 Å². The molecule has 6 heteroatoms. The van der Waals surface area contributed by atoms with Crippen LogP contribution in [0.15, 0.2) is 24.3 Å². The van der Waals surface area contributed by atoms with E-state index in [-0.39, 0.29) is 14.2 Å². The number of para-hydroxylation sites is 2. The highest BCUT2D eigenvalue weighted by molar-refractivity contribution is 6.47. The van der Waals surface area contributed by atoms with Gasteiger partial charge in [0.1, 0.15) is 11.5 Å². The van der Waals surface area contributed by atoms with Gasteiger partial charge in [0.25, 0.3) is 0 Å². The maximum Gasteiger partial charge on any atom is 0.595 e. The molecule has 0 amide bonds. The molecular weight excluding hydrogens is 218 g/mol. The summed E-state index contributed by atoms with van der Waals surface area (Å²) in [6, 6.07) is 7.73. The van der Waals surface area contributed by atoms with Gasteiger partial charge in [0.15, 0.2) is 0 Å². The predicted molar refractivity (Wildman–Crippen MR) is 65.3 cm³/mol. The average molecular weight is 232 g/mol. The molecule has 3 rings (SSSR count). The molecule has 0 saturated carbocycles. The van der Waals surface area contributed by atoms with Gasteiger partial charge in [0, 0.05) is 25.5 Å². The fraction of sp³-hybridized carbons (Fsp3) is 0.455. The summed E-state index contributed by atoms with van der Waals surface area (Å²) in [5.74, 6) is 1.98. The topological polar surface area (TPSA) is 36.9 Å². The second kappa shape index (κ2) is 4.62. The summed E-state index contributed by atoms with van der Waals surface area (Å²) in [6.07, 6.45) is 0.793. The van der Waals surface area contributed by atoms with Gasteiger partial charge in [0.05, 0.1) is 0 Å². The minimum absolute atomic E-state index is 0.0890. The van der Waals surface area contributed by atoms with Crippen LogP contribution in [0.4, 0.5) is 0 Å². The lowest BCUT2D eigenvalue weighted by Crippen LogP contribution is -2.37. The third-order valence-electron chi connectivity index (χ3n) is 3.03. The van der Waals surface area contributed by atoms with Gasteiger partial charge in [-0.1, -0.05) is 12.1 Å². The average Bonchev–Trinajstić information content (AvgIpc) is 2.74. The van der Waals surface area contributed by atoms with Crippen LogP contribution in [0.3, 0.4) is 0 Å². The molecule has 0 spiro atoms. The summed E-state index contributed by atoms with van der Waals surface area (Å²) in [5, 5.41) is 0. The van der Waals surface area contributed by atoms with Crippen molar-refractivity contribution in [3.8, 4) is 11.5 Å². The Morgan fingerprint density at radius 2 is 1.71 bits per heavy atom. The van der Waals surface area contributed by atoms with E-state index in [1.165, 1.54) is 0 Å². The third-order valence-corrected chi connectivity index (χ3v) is 3.03. The van der Waals surface area contributed by atoms with Crippen LogP contribution in [0.1, 0.15) is 0 Å². The van der Waals surface area contributed by atoms with E-state index in [0.29, 0.717) is 19.1 Å². The fourth-order valence-electron chi connectivity index (χ4n) is 2.10. The number of rotatable bonds is 2. The Kier molecular flexibility index (Phi) is 2.99. The molecule has 17 heavy (non-hydrogen) atoms. The summed E-state index contributed by atoms with van der Waals surface area (Å²) in [6.45, 7) is 3.33. The van der Waals surface area contributed by atoms with Gasteiger partial charge in [-0.05, 0) is 19.0 Å². The molecule has 2 aliphatic rings. The van der Waals surface area contributed by atoms with E-state index >= 15 is 0 Å². The van der Waals surface area contributed by atoms with Crippen LogP contribution in [-0.2, 0) is 9.31 Å². The summed E-state index contributed by atoms with van der Waals surface area (Å²) in [7, 11) is -0.299. The number of hydrogen-bond donors (Lipinski definition) is 0. The molecule has 0 N–H and O–H groups in total. The van der Waals surface area contributed by atoms with Gasteiger partial charge in [-0.3, -0.25) is 0 Å². The van der Waals surface area contributed by atoms with Crippen molar-refractivity contribution in [1.82, 2.24) is 0 Å². The highest BCUT2D eigenvalue weighted by atomic mass is 16.6. The minimum atomic E-state index is -0.210. The first-order valence-electron chi connectivity index (χ1n) is 5.97. The van der Waals surface area contributed by atoms with Crippen molar-refractivity contribution in [2.75, 3.05) is 13.2 Å². The Balaban J connectivity index is 1.55. The minimum Gasteiger partial charge on any atom is -0.523 e. The van der Waals surface area contributed by atoms with Crippen molar-refractivity contribution in [3.05, 3.63) is 24.3 Å². The van der Waals surface area contributed by atoms with Crippen molar-refractivity contribution in [1.29, 1.82) is 0 Å². The third kappa shape index (κ3) is 2.42. The van der Waals surface area contributed by atoms with Crippen molar-refractivity contribution in [3.63, 3.8) is 0 Å². The molecule has 0 atom stereocenters. The normalized spacial score (nSPS) is 19.8. The number of hydrogen-bond acceptors (Lipinski definition) is 4. The van der Waals surface area contributed by atoms with Crippen molar-refractivity contribution in [2.45, 2.75) is 13.1 Å². The Labute approximate surface area is 101 Å². The lowest BCUT2D eigenvalue weighted by molar-refractivity contribution is 0.0893. The smallest absolute Gasteiger partial charge is 0.523 e. The van der Waals surface area contributed by atoms with E-state index in [0.717, 1.165) is 17.8 Å². The quantitative estimate of drug-likeness (QED) is 0.727. The van der Waals surface area contributed by atoms with Gasteiger partial charge < -0.3 is 18.6 Å². The molecule has 2 aliphatic heterocycles. The SMILES string of the molecule is CB1OCC(CB2Oc3ccccc3O2)CO1. The van der Waals surface area contributed by atoms with Gasteiger partial charge >= 0.3 is 14.2 Å². The van der Waals surface area contributed by atoms with Gasteiger partial charge in [-0.2, -0.15) is 0 Å². The fourth-order valence-corrected chi connectivity index (χ4v) is 2.10. The maximum atomic E-state index is 5.70. The molecule has 2 heterocycles. The van der Waals surface area contributed by atoms with Gasteiger partial charge in [-0.15, -0.1) is 0 Å². The molecule has 0 aliphatic carbocycles. The molecule has 1 aromatic carbocycles. The van der Waals surface area contributed by atoms with E-state index in [1.807, 2.05) is 31.1 Å². The van der Waals surface area contributed by atoms with E-state index in [9.17, 15) is 0 Å². The maximum absolute atomic E-state index is 5.70. The Hall–Kier alpha value is -1.13. The zero-order chi connectivity index (χ0) is 11.7. The molecule has 1 fully saturated rings. The standard InChI is InChI=1S/C11H14B2O4/c1-12-14-7-9(8-15-12)6-13-16-10-4-2-3-5-11(10)17-13/h2-5,9H,6-8H2,1H3. The molecule has 1 aromatic rings. The molecule has 88 valence electrons. The lowest BCUT2D eigenvalue weighted by atomic mass is 9.76. The first-order chi connectivity index (χ1) is 8.31. The Morgan fingerprint density at radius 1 is 1.12 bits per heavy atom. The first kappa shape index (κ1) is 11.0. The Morgan fingerprint density at radius 3 is 2.29 bits per heavy atom. The predicted octanol–water partition coefficient (Wildman–Crippen LogP) is 1.73. The zero-order valence-corrected chi connectivity index (χ0v) is 9.80. The van der Waals surface area contributed by atoms with Crippen LogP contribution in [0, 0.1) is 5.92 Å². The van der Waals surface area contributed by atoms with Crippen LogP contribution in [0.2, 0.25) is 13.1 Å². The highest BCUT2D eigenvalue weighted by Crippen LogP contribution is 2.34. The van der Waals surface area contributed by atoms with Crippen LogP contribution < -0.4 is 9.31 Å². The number of fused-ring (bicyclic) bond motifs is 1. The Bertz CT molecular complexity index is 368. The summed E-state index contributed by atoms with van der Waals surface area (Å²) in [5.41, 5.74) is 0. The second-order valence-corrected chi connectivity index (χ2v) is 4.45. The molecule has 0 radical (unpaired) electrons. The van der Waals surface area contributed by atoms with E-state index in [4.69, 9.17) is 18.6 Å². The van der Waals surface area contributed by atoms with E-state index in [2.05, 4.69) is 0 Å². The zero-order valence-electron chi connectivity index (χ0n) is 9.80. The largest absolute Gasteiger partial charge is 0.595 e. The van der Waals surface area contributed by atoms with E-state index in [1.54, 1.807) is 0 Å².